The minimum Gasteiger partial charge on any atom is -0.482 e. The topological polar surface area (TPSA) is 69.4 Å². The maximum absolute atomic E-state index is 13.7. The summed E-state index contributed by atoms with van der Waals surface area (Å²) < 4.78 is 18.8. The quantitative estimate of drug-likeness (QED) is 0.480. The lowest BCUT2D eigenvalue weighted by Gasteiger charge is -2.08. The van der Waals surface area contributed by atoms with Gasteiger partial charge in [0.2, 0.25) is 0 Å². The number of hydrogen-bond acceptors (Lipinski definition) is 4. The summed E-state index contributed by atoms with van der Waals surface area (Å²) in [6.45, 7) is 3.40. The van der Waals surface area contributed by atoms with Crippen LogP contribution >= 0.6 is 0 Å². The molecule has 0 saturated carbocycles. The Balaban J connectivity index is 2.09. The monoisotopic (exact) mass is 303 g/mol. The van der Waals surface area contributed by atoms with Crippen LogP contribution in [0.1, 0.15) is 21.5 Å². The van der Waals surface area contributed by atoms with E-state index < -0.39 is 10.7 Å². The zero-order chi connectivity index (χ0) is 16.3. The first-order chi connectivity index (χ1) is 10.4. The van der Waals surface area contributed by atoms with Crippen LogP contribution in [0.4, 0.5) is 10.1 Å². The lowest BCUT2D eigenvalue weighted by atomic mass is 10.0. The van der Waals surface area contributed by atoms with Crippen LogP contribution in [0.2, 0.25) is 0 Å². The Bertz CT molecular complexity index is 743. The number of aryl methyl sites for hydroxylation is 2. The molecule has 2 rings (SSSR count). The number of nitrogens with zero attached hydrogens (tertiary/aromatic N) is 1. The zero-order valence-corrected chi connectivity index (χ0v) is 12.1. The van der Waals surface area contributed by atoms with Crippen LogP contribution in [0.15, 0.2) is 36.4 Å². The lowest BCUT2D eigenvalue weighted by Crippen LogP contribution is -2.13. The number of rotatable bonds is 5. The van der Waals surface area contributed by atoms with Crippen molar-refractivity contribution in [2.24, 2.45) is 0 Å². The highest BCUT2D eigenvalue weighted by Crippen LogP contribution is 2.22. The first-order valence-electron chi connectivity index (χ1n) is 6.55. The fraction of sp³-hybridized carbons (Fsp3) is 0.188. The van der Waals surface area contributed by atoms with Crippen molar-refractivity contribution in [3.63, 3.8) is 0 Å². The fourth-order valence-corrected chi connectivity index (χ4v) is 2.07. The second-order valence-electron chi connectivity index (χ2n) is 4.90. The largest absolute Gasteiger partial charge is 0.482 e. The summed E-state index contributed by atoms with van der Waals surface area (Å²) in [5, 5.41) is 10.5. The van der Waals surface area contributed by atoms with Gasteiger partial charge in [-0.2, -0.15) is 0 Å². The van der Waals surface area contributed by atoms with Crippen LogP contribution in [-0.4, -0.2) is 17.3 Å². The molecule has 2 aromatic carbocycles. The molecule has 0 unspecified atom stereocenters. The van der Waals surface area contributed by atoms with Gasteiger partial charge in [0.15, 0.2) is 24.0 Å². The molecule has 114 valence electrons. The van der Waals surface area contributed by atoms with Crippen LogP contribution < -0.4 is 4.74 Å². The van der Waals surface area contributed by atoms with Gasteiger partial charge in [0.25, 0.3) is 5.69 Å². The van der Waals surface area contributed by atoms with Crippen LogP contribution in [0, 0.1) is 29.8 Å². The number of Topliss-reactive ketones (excluding diaryl/α,β-unsaturated/α-hetero) is 1. The molecule has 0 aliphatic heterocycles. The van der Waals surface area contributed by atoms with Crippen molar-refractivity contribution in [3.8, 4) is 5.75 Å². The molecule has 0 aliphatic rings. The summed E-state index contributed by atoms with van der Waals surface area (Å²) in [5.41, 5.74) is 1.99. The molecular weight excluding hydrogens is 289 g/mol. The van der Waals surface area contributed by atoms with Gasteiger partial charge in [0.1, 0.15) is 0 Å². The summed E-state index contributed by atoms with van der Waals surface area (Å²) >= 11 is 0. The standard InChI is InChI=1S/C16H14FNO4/c1-10-3-5-13(11(2)7-10)15(19)9-22-16-6-4-12(18(20)21)8-14(16)17/h3-8H,9H2,1-2H3. The highest BCUT2D eigenvalue weighted by Gasteiger charge is 2.14. The van der Waals surface area contributed by atoms with Gasteiger partial charge < -0.3 is 4.74 Å². The average molecular weight is 303 g/mol. The number of nitro groups is 1. The minimum absolute atomic E-state index is 0.191. The van der Waals surface area contributed by atoms with Crippen molar-refractivity contribution in [2.45, 2.75) is 13.8 Å². The molecular formula is C16H14FNO4. The molecule has 0 radical (unpaired) electrons. The van der Waals surface area contributed by atoms with Crippen LogP contribution in [-0.2, 0) is 0 Å². The van der Waals surface area contributed by atoms with E-state index in [1.54, 1.807) is 6.07 Å². The molecule has 0 bridgehead atoms. The molecule has 0 N–H and O–H groups in total. The number of carbonyl (C=O) groups excluding carboxylic acids is 1. The number of carbonyl (C=O) groups is 1. The Kier molecular flexibility index (Phi) is 4.50. The number of halogens is 1. The van der Waals surface area contributed by atoms with Crippen molar-refractivity contribution in [2.75, 3.05) is 6.61 Å². The SMILES string of the molecule is Cc1ccc(C(=O)COc2ccc([N+](=O)[O-])cc2F)c(C)c1. The van der Waals surface area contributed by atoms with Crippen LogP contribution in [0.5, 0.6) is 5.75 Å². The molecule has 0 aliphatic carbocycles. The third-order valence-corrected chi connectivity index (χ3v) is 3.17. The van der Waals surface area contributed by atoms with Crippen molar-refractivity contribution in [3.05, 3.63) is 69.0 Å². The van der Waals surface area contributed by atoms with Gasteiger partial charge in [-0.3, -0.25) is 14.9 Å². The van der Waals surface area contributed by atoms with Crippen LogP contribution in [0.25, 0.3) is 0 Å². The van der Waals surface area contributed by atoms with E-state index in [2.05, 4.69) is 0 Å². The van der Waals surface area contributed by atoms with Crippen molar-refractivity contribution in [1.29, 1.82) is 0 Å². The van der Waals surface area contributed by atoms with Gasteiger partial charge in [0, 0.05) is 11.6 Å². The van der Waals surface area contributed by atoms with Crippen molar-refractivity contribution >= 4 is 11.5 Å². The number of hydrogen-bond donors (Lipinski definition) is 0. The van der Waals surface area contributed by atoms with Crippen molar-refractivity contribution < 1.29 is 18.8 Å². The normalized spacial score (nSPS) is 10.3. The van der Waals surface area contributed by atoms with Gasteiger partial charge in [-0.15, -0.1) is 0 Å². The number of non-ortho nitro benzene ring substituents is 1. The fourth-order valence-electron chi connectivity index (χ4n) is 2.07. The predicted octanol–water partition coefficient (Wildman–Crippen LogP) is 3.61. The number of nitro benzene ring substituents is 1. The van der Waals surface area contributed by atoms with E-state index in [1.807, 2.05) is 26.0 Å². The van der Waals surface area contributed by atoms with Crippen LogP contribution in [0.3, 0.4) is 0 Å². The highest BCUT2D eigenvalue weighted by molar-refractivity contribution is 5.98. The Morgan fingerprint density at radius 3 is 2.55 bits per heavy atom. The highest BCUT2D eigenvalue weighted by atomic mass is 19.1. The van der Waals surface area contributed by atoms with Gasteiger partial charge >= 0.3 is 0 Å². The summed E-state index contributed by atoms with van der Waals surface area (Å²) in [7, 11) is 0. The van der Waals surface area contributed by atoms with Gasteiger partial charge in [-0.25, -0.2) is 4.39 Å². The van der Waals surface area contributed by atoms with E-state index in [0.717, 1.165) is 29.3 Å². The molecule has 0 atom stereocenters. The lowest BCUT2D eigenvalue weighted by molar-refractivity contribution is -0.385. The smallest absolute Gasteiger partial charge is 0.272 e. The third-order valence-electron chi connectivity index (χ3n) is 3.17. The number of ether oxygens (including phenoxy) is 1. The molecule has 2 aromatic rings. The second-order valence-corrected chi connectivity index (χ2v) is 4.90. The molecule has 0 spiro atoms. The number of benzene rings is 2. The van der Waals surface area contributed by atoms with Gasteiger partial charge in [0.05, 0.1) is 11.0 Å². The number of ketones is 1. The van der Waals surface area contributed by atoms with E-state index in [0.29, 0.717) is 5.56 Å². The summed E-state index contributed by atoms with van der Waals surface area (Å²) in [6.07, 6.45) is 0. The molecule has 0 amide bonds. The second kappa shape index (κ2) is 6.34. The molecule has 6 heteroatoms. The Morgan fingerprint density at radius 2 is 1.95 bits per heavy atom. The molecule has 22 heavy (non-hydrogen) atoms. The Morgan fingerprint density at radius 1 is 1.23 bits per heavy atom. The minimum atomic E-state index is -0.873. The zero-order valence-electron chi connectivity index (χ0n) is 12.1. The molecule has 0 saturated heterocycles. The molecule has 5 nitrogen and oxygen atoms in total. The third kappa shape index (κ3) is 3.46. The van der Waals surface area contributed by atoms with E-state index >= 15 is 0 Å². The van der Waals surface area contributed by atoms with E-state index in [9.17, 15) is 19.3 Å². The van der Waals surface area contributed by atoms with Crippen molar-refractivity contribution in [1.82, 2.24) is 0 Å². The first-order valence-corrected chi connectivity index (χ1v) is 6.55. The molecule has 0 heterocycles. The van der Waals surface area contributed by atoms with E-state index in [4.69, 9.17) is 4.74 Å². The summed E-state index contributed by atoms with van der Waals surface area (Å²) in [6, 6.07) is 8.41. The maximum Gasteiger partial charge on any atom is 0.272 e. The summed E-state index contributed by atoms with van der Waals surface area (Å²) in [4.78, 5) is 21.9. The predicted molar refractivity (Wildman–Crippen MR) is 78.8 cm³/mol. The average Bonchev–Trinajstić information content (AvgIpc) is 2.45. The van der Waals surface area contributed by atoms with E-state index in [-0.39, 0.29) is 23.8 Å². The molecule has 0 fully saturated rings. The van der Waals surface area contributed by atoms with Gasteiger partial charge in [-0.1, -0.05) is 23.8 Å². The molecule has 0 aromatic heterocycles. The Labute approximate surface area is 126 Å². The van der Waals surface area contributed by atoms with Gasteiger partial charge in [-0.05, 0) is 25.5 Å². The van der Waals surface area contributed by atoms with E-state index in [1.165, 1.54) is 0 Å². The maximum atomic E-state index is 13.7. The Hall–Kier alpha value is -2.76. The first kappa shape index (κ1) is 15.6. The summed E-state index contributed by atoms with van der Waals surface area (Å²) in [5.74, 6) is -1.35.